The maximum atomic E-state index is 11.1. The highest BCUT2D eigenvalue weighted by atomic mass is 16.1. The van der Waals surface area contributed by atoms with E-state index in [1.807, 2.05) is 31.3 Å². The molecule has 2 rings (SSSR count). The zero-order valence-electron chi connectivity index (χ0n) is 6.16. The minimum Gasteiger partial charge on any atom is -0.288 e. The monoisotopic (exact) mass is 148 g/mol. The average molecular weight is 148 g/mol. The molecule has 0 aliphatic rings. The van der Waals surface area contributed by atoms with Crippen molar-refractivity contribution in [3.8, 4) is 0 Å². The van der Waals surface area contributed by atoms with E-state index in [1.54, 1.807) is 4.68 Å². The number of aryl methyl sites for hydroxylation is 1. The number of nitrogens with zero attached hydrogens (tertiary/aromatic N) is 1. The fourth-order valence-electron chi connectivity index (χ4n) is 1.23. The SMILES string of the molecule is Cn1[nH]c(=O)c2ccccc21. The van der Waals surface area contributed by atoms with Crippen LogP contribution in [0.5, 0.6) is 0 Å². The molecule has 1 N–H and O–H groups in total. The molecule has 1 aromatic carbocycles. The molecule has 56 valence electrons. The van der Waals surface area contributed by atoms with Crippen LogP contribution < -0.4 is 5.56 Å². The first-order valence-electron chi connectivity index (χ1n) is 3.43. The van der Waals surface area contributed by atoms with Crippen molar-refractivity contribution in [2.75, 3.05) is 0 Å². The lowest BCUT2D eigenvalue weighted by molar-refractivity contribution is 0.783. The first kappa shape index (κ1) is 6.22. The maximum Gasteiger partial charge on any atom is 0.271 e. The van der Waals surface area contributed by atoms with Gasteiger partial charge in [0.2, 0.25) is 0 Å². The molecule has 3 nitrogen and oxygen atoms in total. The smallest absolute Gasteiger partial charge is 0.271 e. The van der Waals surface area contributed by atoms with Gasteiger partial charge in [-0.1, -0.05) is 12.1 Å². The number of para-hydroxylation sites is 1. The lowest BCUT2D eigenvalue weighted by Gasteiger charge is -1.90. The predicted molar refractivity (Wildman–Crippen MR) is 43.5 cm³/mol. The van der Waals surface area contributed by atoms with Gasteiger partial charge < -0.3 is 0 Å². The first-order valence-corrected chi connectivity index (χ1v) is 3.43. The van der Waals surface area contributed by atoms with Gasteiger partial charge in [0.1, 0.15) is 0 Å². The second-order valence-corrected chi connectivity index (χ2v) is 2.52. The van der Waals surface area contributed by atoms with Crippen LogP contribution in [0.1, 0.15) is 0 Å². The van der Waals surface area contributed by atoms with Crippen molar-refractivity contribution in [3.63, 3.8) is 0 Å². The summed E-state index contributed by atoms with van der Waals surface area (Å²) in [4.78, 5) is 11.1. The summed E-state index contributed by atoms with van der Waals surface area (Å²) in [6.07, 6.45) is 0. The van der Waals surface area contributed by atoms with Crippen molar-refractivity contribution in [1.82, 2.24) is 9.78 Å². The van der Waals surface area contributed by atoms with E-state index < -0.39 is 0 Å². The summed E-state index contributed by atoms with van der Waals surface area (Å²) < 4.78 is 1.72. The Hall–Kier alpha value is -1.51. The molecule has 3 heteroatoms. The molecular formula is C8H8N2O. The Morgan fingerprint density at radius 3 is 2.82 bits per heavy atom. The Morgan fingerprint density at radius 2 is 2.09 bits per heavy atom. The number of H-pyrrole nitrogens is 1. The van der Waals surface area contributed by atoms with Gasteiger partial charge in [0.05, 0.1) is 10.9 Å². The van der Waals surface area contributed by atoms with Gasteiger partial charge in [0.15, 0.2) is 0 Å². The molecule has 0 aliphatic carbocycles. The van der Waals surface area contributed by atoms with Gasteiger partial charge in [-0.15, -0.1) is 0 Å². The van der Waals surface area contributed by atoms with Crippen molar-refractivity contribution in [3.05, 3.63) is 34.6 Å². The standard InChI is InChI=1S/C8H8N2O/c1-10-7-5-3-2-4-6(7)8(11)9-10/h2-5H,1H3,(H,9,11). The van der Waals surface area contributed by atoms with Gasteiger partial charge in [-0.3, -0.25) is 14.6 Å². The molecule has 0 fully saturated rings. The Morgan fingerprint density at radius 1 is 1.36 bits per heavy atom. The molecule has 11 heavy (non-hydrogen) atoms. The summed E-state index contributed by atoms with van der Waals surface area (Å²) in [5.74, 6) is 0. The van der Waals surface area contributed by atoms with Crippen LogP contribution in [0.3, 0.4) is 0 Å². The van der Waals surface area contributed by atoms with E-state index in [-0.39, 0.29) is 5.56 Å². The topological polar surface area (TPSA) is 37.8 Å². The minimum atomic E-state index is -0.0249. The van der Waals surface area contributed by atoms with E-state index in [4.69, 9.17) is 0 Å². The van der Waals surface area contributed by atoms with Crippen LogP contribution >= 0.6 is 0 Å². The fourth-order valence-corrected chi connectivity index (χ4v) is 1.23. The number of fused-ring (bicyclic) bond motifs is 1. The molecule has 0 saturated carbocycles. The van der Waals surface area contributed by atoms with Crippen molar-refractivity contribution >= 4 is 10.9 Å². The second-order valence-electron chi connectivity index (χ2n) is 2.52. The number of nitrogens with one attached hydrogen (secondary N) is 1. The van der Waals surface area contributed by atoms with Crippen molar-refractivity contribution in [2.24, 2.45) is 7.05 Å². The lowest BCUT2D eigenvalue weighted by Crippen LogP contribution is -2.01. The van der Waals surface area contributed by atoms with Gasteiger partial charge in [0.25, 0.3) is 5.56 Å². The number of aromatic nitrogens is 2. The van der Waals surface area contributed by atoms with Crippen molar-refractivity contribution in [1.29, 1.82) is 0 Å². The van der Waals surface area contributed by atoms with Crippen molar-refractivity contribution < 1.29 is 0 Å². The van der Waals surface area contributed by atoms with Gasteiger partial charge in [0, 0.05) is 7.05 Å². The number of aromatic amines is 1. The molecule has 0 radical (unpaired) electrons. The number of hydrogen-bond donors (Lipinski definition) is 1. The Bertz CT molecular complexity index is 439. The quantitative estimate of drug-likeness (QED) is 0.591. The molecule has 1 aromatic heterocycles. The number of rotatable bonds is 0. The molecule has 0 unspecified atom stereocenters. The van der Waals surface area contributed by atoms with Gasteiger partial charge in [-0.05, 0) is 12.1 Å². The van der Waals surface area contributed by atoms with E-state index in [0.29, 0.717) is 0 Å². The highest BCUT2D eigenvalue weighted by Crippen LogP contribution is 2.05. The van der Waals surface area contributed by atoms with E-state index in [9.17, 15) is 4.79 Å². The van der Waals surface area contributed by atoms with Crippen LogP contribution in [0.15, 0.2) is 29.1 Å². The Balaban J connectivity index is 3.07. The third kappa shape index (κ3) is 0.774. The van der Waals surface area contributed by atoms with E-state index in [2.05, 4.69) is 5.10 Å². The zero-order chi connectivity index (χ0) is 7.84. The van der Waals surface area contributed by atoms with E-state index >= 15 is 0 Å². The molecule has 0 aliphatic heterocycles. The third-order valence-corrected chi connectivity index (χ3v) is 1.78. The third-order valence-electron chi connectivity index (χ3n) is 1.78. The van der Waals surface area contributed by atoms with E-state index in [0.717, 1.165) is 10.9 Å². The number of hydrogen-bond acceptors (Lipinski definition) is 1. The van der Waals surface area contributed by atoms with Crippen molar-refractivity contribution in [2.45, 2.75) is 0 Å². The Kier molecular flexibility index (Phi) is 1.12. The summed E-state index contributed by atoms with van der Waals surface area (Å²) in [7, 11) is 1.82. The van der Waals surface area contributed by atoms with Gasteiger partial charge >= 0.3 is 0 Å². The lowest BCUT2D eigenvalue weighted by atomic mass is 10.2. The normalized spacial score (nSPS) is 10.6. The minimum absolute atomic E-state index is 0.0249. The highest BCUT2D eigenvalue weighted by molar-refractivity contribution is 5.77. The molecule has 0 saturated heterocycles. The van der Waals surface area contributed by atoms with Crippen LogP contribution in [-0.2, 0) is 7.05 Å². The maximum absolute atomic E-state index is 11.1. The zero-order valence-corrected chi connectivity index (χ0v) is 6.16. The van der Waals surface area contributed by atoms with Gasteiger partial charge in [-0.2, -0.15) is 0 Å². The van der Waals surface area contributed by atoms with Gasteiger partial charge in [-0.25, -0.2) is 0 Å². The average Bonchev–Trinajstić information content (AvgIpc) is 2.30. The molecule has 0 spiro atoms. The summed E-state index contributed by atoms with van der Waals surface area (Å²) in [6.45, 7) is 0. The van der Waals surface area contributed by atoms with Crippen LogP contribution in [-0.4, -0.2) is 9.78 Å². The molecule has 2 aromatic rings. The van der Waals surface area contributed by atoms with Crippen LogP contribution in [0.4, 0.5) is 0 Å². The van der Waals surface area contributed by atoms with Crippen LogP contribution in [0.25, 0.3) is 10.9 Å². The first-order chi connectivity index (χ1) is 5.29. The molecular weight excluding hydrogens is 140 g/mol. The summed E-state index contributed by atoms with van der Waals surface area (Å²) >= 11 is 0. The molecule has 0 atom stereocenters. The largest absolute Gasteiger partial charge is 0.288 e. The molecule has 0 amide bonds. The van der Waals surface area contributed by atoms with Crippen LogP contribution in [0.2, 0.25) is 0 Å². The number of benzene rings is 1. The summed E-state index contributed by atoms with van der Waals surface area (Å²) in [6, 6.07) is 7.49. The fraction of sp³-hybridized carbons (Fsp3) is 0.125. The summed E-state index contributed by atoms with van der Waals surface area (Å²) in [5.41, 5.74) is 0.917. The second kappa shape index (κ2) is 1.99. The predicted octanol–water partition coefficient (Wildman–Crippen LogP) is 0.867. The summed E-state index contributed by atoms with van der Waals surface area (Å²) in [5, 5.41) is 3.42. The highest BCUT2D eigenvalue weighted by Gasteiger charge is 1.99. The van der Waals surface area contributed by atoms with Crippen LogP contribution in [0, 0.1) is 0 Å². The molecule has 1 heterocycles. The Labute approximate surface area is 63.2 Å². The molecule has 0 bridgehead atoms. The van der Waals surface area contributed by atoms with E-state index in [1.165, 1.54) is 0 Å².